The molecule has 2 unspecified atom stereocenters. The van der Waals surface area contributed by atoms with Gasteiger partial charge in [0.05, 0.1) is 0 Å². The van der Waals surface area contributed by atoms with Gasteiger partial charge >= 0.3 is 7.60 Å². The van der Waals surface area contributed by atoms with E-state index in [2.05, 4.69) is 5.09 Å². The summed E-state index contributed by atoms with van der Waals surface area (Å²) in [6, 6.07) is 18.3. The quantitative estimate of drug-likeness (QED) is 0.338. The summed E-state index contributed by atoms with van der Waals surface area (Å²) in [5, 5.41) is 4.35. The van der Waals surface area contributed by atoms with Crippen molar-refractivity contribution < 1.29 is 18.9 Å². The standard InChI is InChI=1S/C20H19ClN2O4P2/c1-23-12-18(17-11-15(21)7-9-19(17)23)20(29(25,26)27)28(24)22-16-8-6-13-4-2-3-5-14(13)10-16/h2-12,20,28H,1H3,(H,22,24)(H2,25,26,27). The van der Waals surface area contributed by atoms with Gasteiger partial charge in [0, 0.05) is 40.4 Å². The highest BCUT2D eigenvalue weighted by molar-refractivity contribution is 7.67. The van der Waals surface area contributed by atoms with Crippen LogP contribution in [0.25, 0.3) is 21.7 Å². The summed E-state index contributed by atoms with van der Waals surface area (Å²) in [7, 11) is -5.93. The molecule has 0 fully saturated rings. The van der Waals surface area contributed by atoms with Crippen LogP contribution >= 0.6 is 27.1 Å². The van der Waals surface area contributed by atoms with Crippen LogP contribution in [0.1, 0.15) is 11.0 Å². The molecule has 3 N–H and O–H groups in total. The van der Waals surface area contributed by atoms with Crippen molar-refractivity contribution in [2.75, 3.05) is 5.09 Å². The first-order valence-electron chi connectivity index (χ1n) is 8.83. The van der Waals surface area contributed by atoms with Crippen LogP contribution in [0.5, 0.6) is 0 Å². The van der Waals surface area contributed by atoms with Crippen molar-refractivity contribution in [3.05, 3.63) is 77.4 Å². The van der Waals surface area contributed by atoms with Gasteiger partial charge < -0.3 is 24.0 Å². The van der Waals surface area contributed by atoms with Gasteiger partial charge in [-0.25, -0.2) is 0 Å². The second-order valence-corrected chi connectivity index (χ2v) is 11.1. The normalized spacial score (nSPS) is 14.2. The molecule has 0 aliphatic heterocycles. The number of nitrogens with zero attached hydrogens (tertiary/aromatic N) is 1. The number of hydrogen-bond acceptors (Lipinski definition) is 2. The minimum absolute atomic E-state index is 0.315. The zero-order valence-corrected chi connectivity index (χ0v) is 18.1. The number of aryl methyl sites for hydroxylation is 1. The molecule has 3 aromatic carbocycles. The minimum Gasteiger partial charge on any atom is -0.350 e. The van der Waals surface area contributed by atoms with Gasteiger partial charge in [0.15, 0.2) is 13.4 Å². The lowest BCUT2D eigenvalue weighted by Gasteiger charge is -2.19. The summed E-state index contributed by atoms with van der Waals surface area (Å²) < 4.78 is 27.3. The third-order valence-electron chi connectivity index (χ3n) is 4.88. The molecular weight excluding hydrogens is 430 g/mol. The van der Waals surface area contributed by atoms with E-state index in [0.29, 0.717) is 21.7 Å². The monoisotopic (exact) mass is 448 g/mol. The summed E-state index contributed by atoms with van der Waals surface area (Å²) in [5.41, 5.74) is 1.61. The second-order valence-electron chi connectivity index (χ2n) is 6.90. The molecule has 29 heavy (non-hydrogen) atoms. The van der Waals surface area contributed by atoms with E-state index >= 15 is 0 Å². The van der Waals surface area contributed by atoms with E-state index in [1.165, 1.54) is 0 Å². The van der Waals surface area contributed by atoms with Crippen LogP contribution in [0.15, 0.2) is 66.9 Å². The minimum atomic E-state index is -4.73. The molecule has 0 aliphatic carbocycles. The molecule has 0 spiro atoms. The maximum atomic E-state index is 13.2. The molecule has 0 aliphatic rings. The van der Waals surface area contributed by atoms with Crippen molar-refractivity contribution in [2.45, 2.75) is 5.40 Å². The molecule has 150 valence electrons. The average Bonchev–Trinajstić information content (AvgIpc) is 2.96. The highest BCUT2D eigenvalue weighted by Crippen LogP contribution is 2.64. The number of aromatic nitrogens is 1. The van der Waals surface area contributed by atoms with Crippen molar-refractivity contribution in [3.8, 4) is 0 Å². The van der Waals surface area contributed by atoms with Crippen LogP contribution in [0.3, 0.4) is 0 Å². The first-order chi connectivity index (χ1) is 13.7. The van der Waals surface area contributed by atoms with Crippen LogP contribution in [0, 0.1) is 0 Å². The van der Waals surface area contributed by atoms with Gasteiger partial charge in [-0.05, 0) is 41.1 Å². The molecule has 0 radical (unpaired) electrons. The molecule has 1 heterocycles. The van der Waals surface area contributed by atoms with Crippen molar-refractivity contribution in [2.24, 2.45) is 7.05 Å². The van der Waals surface area contributed by atoms with E-state index in [0.717, 1.165) is 16.3 Å². The summed E-state index contributed by atoms with van der Waals surface area (Å²) in [4.78, 5) is 20.1. The fourth-order valence-electron chi connectivity index (χ4n) is 3.57. The topological polar surface area (TPSA) is 91.6 Å². The number of nitrogens with one attached hydrogen (secondary N) is 1. The lowest BCUT2D eigenvalue weighted by atomic mass is 10.1. The second kappa shape index (κ2) is 7.64. The fraction of sp³-hybridized carbons (Fsp3) is 0.100. The molecule has 9 heteroatoms. The maximum absolute atomic E-state index is 13.2. The SMILES string of the molecule is Cn1cc(C([PH](=O)Nc2ccc3ccccc3c2)P(=O)(O)O)c2cc(Cl)ccc21. The van der Waals surface area contributed by atoms with Gasteiger partial charge in [-0.1, -0.05) is 41.9 Å². The number of benzene rings is 3. The molecule has 6 nitrogen and oxygen atoms in total. The first-order valence-corrected chi connectivity index (χ1v) is 12.4. The summed E-state index contributed by atoms with van der Waals surface area (Å²) >= 11 is 6.09. The van der Waals surface area contributed by atoms with Crippen LogP contribution in [0.2, 0.25) is 5.02 Å². The predicted octanol–water partition coefficient (Wildman–Crippen LogP) is 5.75. The van der Waals surface area contributed by atoms with Crippen molar-refractivity contribution >= 4 is 54.5 Å². The Morgan fingerprint density at radius 2 is 1.79 bits per heavy atom. The lowest BCUT2D eigenvalue weighted by molar-refractivity contribution is 0.369. The Kier molecular flexibility index (Phi) is 5.32. The van der Waals surface area contributed by atoms with E-state index in [9.17, 15) is 18.9 Å². The Morgan fingerprint density at radius 3 is 2.52 bits per heavy atom. The first kappa shape index (κ1) is 20.2. The Hall–Kier alpha value is -2.07. The molecule has 2 atom stereocenters. The zero-order chi connectivity index (χ0) is 20.8. The van der Waals surface area contributed by atoms with Crippen LogP contribution < -0.4 is 5.09 Å². The average molecular weight is 449 g/mol. The van der Waals surface area contributed by atoms with Crippen molar-refractivity contribution in [1.29, 1.82) is 0 Å². The number of hydrogen-bond donors (Lipinski definition) is 3. The van der Waals surface area contributed by atoms with E-state index < -0.39 is 20.9 Å². The van der Waals surface area contributed by atoms with Gasteiger partial charge in [0.25, 0.3) is 0 Å². The Morgan fingerprint density at radius 1 is 1.07 bits per heavy atom. The van der Waals surface area contributed by atoms with Gasteiger partial charge in [-0.2, -0.15) is 0 Å². The highest BCUT2D eigenvalue weighted by Gasteiger charge is 2.38. The third-order valence-corrected chi connectivity index (χ3v) is 9.12. The molecule has 4 rings (SSSR count). The molecule has 0 bridgehead atoms. The number of rotatable bonds is 5. The molecule has 0 saturated heterocycles. The predicted molar refractivity (Wildman–Crippen MR) is 119 cm³/mol. The summed E-state index contributed by atoms with van der Waals surface area (Å²) in [6.45, 7) is 0. The van der Waals surface area contributed by atoms with Crippen molar-refractivity contribution in [1.82, 2.24) is 4.57 Å². The number of halogens is 1. The van der Waals surface area contributed by atoms with Crippen LogP contribution in [-0.4, -0.2) is 14.4 Å². The summed E-state index contributed by atoms with van der Waals surface area (Å²) in [5.74, 6) is 0. The summed E-state index contributed by atoms with van der Waals surface area (Å²) in [6.07, 6.45) is 1.61. The van der Waals surface area contributed by atoms with E-state index in [4.69, 9.17) is 11.6 Å². The van der Waals surface area contributed by atoms with Gasteiger partial charge in [0.2, 0.25) is 0 Å². The zero-order valence-electron chi connectivity index (χ0n) is 15.4. The number of anilines is 1. The third kappa shape index (κ3) is 4.00. The van der Waals surface area contributed by atoms with Gasteiger partial charge in [-0.3, -0.25) is 4.57 Å². The molecule has 1 aromatic heterocycles. The molecule has 0 saturated carbocycles. The van der Waals surface area contributed by atoms with Gasteiger partial charge in [-0.15, -0.1) is 0 Å². The highest BCUT2D eigenvalue weighted by atomic mass is 35.5. The Balaban J connectivity index is 1.76. The number of fused-ring (bicyclic) bond motifs is 2. The van der Waals surface area contributed by atoms with Crippen LogP contribution in [0.4, 0.5) is 5.69 Å². The van der Waals surface area contributed by atoms with Crippen molar-refractivity contribution in [3.63, 3.8) is 0 Å². The molecule has 4 aromatic rings. The smallest absolute Gasteiger partial charge is 0.341 e. The largest absolute Gasteiger partial charge is 0.350 e. The van der Waals surface area contributed by atoms with E-state index in [1.807, 2.05) is 36.4 Å². The Bertz CT molecular complexity index is 1300. The molecule has 0 amide bonds. The Labute approximate surface area is 173 Å². The van der Waals surface area contributed by atoms with Crippen LogP contribution in [-0.2, 0) is 16.2 Å². The lowest BCUT2D eigenvalue weighted by Crippen LogP contribution is -2.00. The molecular formula is C20H19ClN2O4P2. The van der Waals surface area contributed by atoms with E-state index in [-0.39, 0.29) is 0 Å². The van der Waals surface area contributed by atoms with E-state index in [1.54, 1.807) is 42.1 Å². The fourth-order valence-corrected chi connectivity index (χ4v) is 6.81. The van der Waals surface area contributed by atoms with Gasteiger partial charge in [0.1, 0.15) is 0 Å². The maximum Gasteiger partial charge on any atom is 0.341 e.